The summed E-state index contributed by atoms with van der Waals surface area (Å²) < 4.78 is 10.9. The van der Waals surface area contributed by atoms with Gasteiger partial charge in [-0.2, -0.15) is 0 Å². The van der Waals surface area contributed by atoms with Gasteiger partial charge in [0.1, 0.15) is 18.5 Å². The summed E-state index contributed by atoms with van der Waals surface area (Å²) in [5.41, 5.74) is 1.51. The van der Waals surface area contributed by atoms with Gasteiger partial charge in [-0.15, -0.1) is 0 Å². The topological polar surface area (TPSA) is 79.0 Å². The van der Waals surface area contributed by atoms with Crippen molar-refractivity contribution in [3.05, 3.63) is 47.3 Å². The number of Topliss-reactive ketones (excluding diaryl/α,β-unsaturated/α-hetero) is 1. The van der Waals surface area contributed by atoms with E-state index < -0.39 is 6.10 Å². The number of aryl methyl sites for hydroxylation is 1. The number of aromatic nitrogens is 1. The second-order valence-electron chi connectivity index (χ2n) is 7.06. The number of ketones is 1. The minimum absolute atomic E-state index is 0.000593. The number of benzene rings is 1. The van der Waals surface area contributed by atoms with Crippen LogP contribution in [0.3, 0.4) is 0 Å². The summed E-state index contributed by atoms with van der Waals surface area (Å²) >= 11 is 0. The first-order chi connectivity index (χ1) is 13.0. The number of β-amino-alcohol motifs (C(OH)–C–C–N with tert-alkyl or cyclic N) is 1. The minimum Gasteiger partial charge on any atom is -0.491 e. The lowest BCUT2D eigenvalue weighted by atomic mass is 10.1. The van der Waals surface area contributed by atoms with Crippen molar-refractivity contribution in [2.45, 2.75) is 26.5 Å². The van der Waals surface area contributed by atoms with Crippen LogP contribution in [0.4, 0.5) is 0 Å². The Labute approximate surface area is 159 Å². The molecule has 0 unspecified atom stereocenters. The Bertz CT molecular complexity index is 753. The van der Waals surface area contributed by atoms with Crippen molar-refractivity contribution in [1.29, 1.82) is 0 Å². The first-order valence-electron chi connectivity index (χ1n) is 9.28. The van der Waals surface area contributed by atoms with Gasteiger partial charge < -0.3 is 14.4 Å². The monoisotopic (exact) mass is 373 g/mol. The standard InChI is InChI=1S/C20H27N3O4/c1-15-10-20(27-21-15)13-23-8-6-22(7-9-23)12-18(25)14-26-19-5-3-4-17(11-19)16(2)24/h3-5,10-11,18,25H,6-9,12-14H2,1-2H3/t18-/m1/s1. The van der Waals surface area contributed by atoms with Gasteiger partial charge >= 0.3 is 0 Å². The van der Waals surface area contributed by atoms with Gasteiger partial charge in [0, 0.05) is 44.4 Å². The van der Waals surface area contributed by atoms with Crippen molar-refractivity contribution in [3.63, 3.8) is 0 Å². The van der Waals surface area contributed by atoms with E-state index in [0.29, 0.717) is 17.9 Å². The Morgan fingerprint density at radius 2 is 2.00 bits per heavy atom. The number of nitrogens with zero attached hydrogens (tertiary/aromatic N) is 3. The highest BCUT2D eigenvalue weighted by Crippen LogP contribution is 2.14. The lowest BCUT2D eigenvalue weighted by molar-refractivity contribution is 0.0430. The number of rotatable bonds is 8. The molecule has 1 aliphatic heterocycles. The van der Waals surface area contributed by atoms with Crippen molar-refractivity contribution in [2.75, 3.05) is 39.3 Å². The summed E-state index contributed by atoms with van der Waals surface area (Å²) in [6.07, 6.45) is -0.575. The maximum atomic E-state index is 11.4. The zero-order valence-corrected chi connectivity index (χ0v) is 15.9. The molecule has 0 amide bonds. The molecule has 2 aromatic rings. The van der Waals surface area contributed by atoms with E-state index in [9.17, 15) is 9.90 Å². The quantitative estimate of drug-likeness (QED) is 0.706. The van der Waals surface area contributed by atoms with E-state index in [1.54, 1.807) is 24.3 Å². The molecule has 1 saturated heterocycles. The van der Waals surface area contributed by atoms with Crippen LogP contribution in [0.25, 0.3) is 0 Å². The zero-order valence-electron chi connectivity index (χ0n) is 15.9. The van der Waals surface area contributed by atoms with E-state index in [1.807, 2.05) is 13.0 Å². The van der Waals surface area contributed by atoms with Crippen LogP contribution >= 0.6 is 0 Å². The number of carbonyl (C=O) groups excluding carboxylic acids is 1. The van der Waals surface area contributed by atoms with Gasteiger partial charge in [-0.05, 0) is 26.0 Å². The smallest absolute Gasteiger partial charge is 0.159 e. The summed E-state index contributed by atoms with van der Waals surface area (Å²) in [4.78, 5) is 16.0. The zero-order chi connectivity index (χ0) is 19.2. The molecule has 1 fully saturated rings. The second-order valence-corrected chi connectivity index (χ2v) is 7.06. The first kappa shape index (κ1) is 19.5. The van der Waals surface area contributed by atoms with Crippen molar-refractivity contribution in [1.82, 2.24) is 15.0 Å². The van der Waals surface area contributed by atoms with E-state index in [2.05, 4.69) is 15.0 Å². The van der Waals surface area contributed by atoms with Crippen LogP contribution in [0.5, 0.6) is 5.75 Å². The Hall–Kier alpha value is -2.22. The Balaban J connectivity index is 1.38. The molecule has 0 aliphatic carbocycles. The number of ether oxygens (including phenoxy) is 1. The van der Waals surface area contributed by atoms with Gasteiger partial charge in [0.15, 0.2) is 11.5 Å². The van der Waals surface area contributed by atoms with Crippen LogP contribution in [0.15, 0.2) is 34.9 Å². The molecule has 7 nitrogen and oxygen atoms in total. The molecule has 1 aromatic heterocycles. The van der Waals surface area contributed by atoms with Crippen LogP contribution in [-0.4, -0.2) is 71.3 Å². The van der Waals surface area contributed by atoms with Gasteiger partial charge in [0.25, 0.3) is 0 Å². The number of aliphatic hydroxyl groups excluding tert-OH is 1. The summed E-state index contributed by atoms with van der Waals surface area (Å²) in [6.45, 7) is 8.63. The molecule has 3 rings (SSSR count). The molecular weight excluding hydrogens is 346 g/mol. The first-order valence-corrected chi connectivity index (χ1v) is 9.28. The van der Waals surface area contributed by atoms with Gasteiger partial charge in [0.05, 0.1) is 12.2 Å². The predicted molar refractivity (Wildman–Crippen MR) is 101 cm³/mol. The summed E-state index contributed by atoms with van der Waals surface area (Å²) in [5.74, 6) is 1.50. The highest BCUT2D eigenvalue weighted by molar-refractivity contribution is 5.94. The van der Waals surface area contributed by atoms with Gasteiger partial charge in [-0.3, -0.25) is 14.6 Å². The maximum absolute atomic E-state index is 11.4. The average Bonchev–Trinajstić information content (AvgIpc) is 3.06. The highest BCUT2D eigenvalue weighted by atomic mass is 16.5. The van der Waals surface area contributed by atoms with Crippen molar-refractivity contribution in [3.8, 4) is 5.75 Å². The van der Waals surface area contributed by atoms with E-state index in [0.717, 1.165) is 44.2 Å². The third kappa shape index (κ3) is 5.89. The van der Waals surface area contributed by atoms with Crippen molar-refractivity contribution >= 4 is 5.78 Å². The Morgan fingerprint density at radius 3 is 2.67 bits per heavy atom. The fraction of sp³-hybridized carbons (Fsp3) is 0.500. The van der Waals surface area contributed by atoms with Crippen molar-refractivity contribution < 1.29 is 19.2 Å². The third-order valence-corrected chi connectivity index (χ3v) is 4.67. The largest absolute Gasteiger partial charge is 0.491 e. The molecule has 2 heterocycles. The number of aliphatic hydroxyl groups is 1. The van der Waals surface area contributed by atoms with E-state index >= 15 is 0 Å². The normalized spacial score (nSPS) is 17.0. The Kier molecular flexibility index (Phi) is 6.60. The van der Waals surface area contributed by atoms with Crippen LogP contribution in [0.2, 0.25) is 0 Å². The third-order valence-electron chi connectivity index (χ3n) is 4.67. The fourth-order valence-corrected chi connectivity index (χ4v) is 3.19. The number of carbonyl (C=O) groups is 1. The van der Waals surface area contributed by atoms with E-state index in [1.165, 1.54) is 6.92 Å². The summed E-state index contributed by atoms with van der Waals surface area (Å²) in [7, 11) is 0. The molecule has 146 valence electrons. The molecular formula is C20H27N3O4. The molecule has 0 bridgehead atoms. The highest BCUT2D eigenvalue weighted by Gasteiger charge is 2.20. The maximum Gasteiger partial charge on any atom is 0.159 e. The molecule has 7 heteroatoms. The SMILES string of the molecule is CC(=O)c1cccc(OC[C@H](O)CN2CCN(Cc3cc(C)no3)CC2)c1. The van der Waals surface area contributed by atoms with Crippen LogP contribution in [0.1, 0.15) is 28.7 Å². The van der Waals surface area contributed by atoms with Crippen LogP contribution < -0.4 is 4.74 Å². The second kappa shape index (κ2) is 9.12. The number of piperazine rings is 1. The van der Waals surface area contributed by atoms with Crippen LogP contribution in [-0.2, 0) is 6.54 Å². The molecule has 27 heavy (non-hydrogen) atoms. The molecule has 1 aliphatic rings. The summed E-state index contributed by atoms with van der Waals surface area (Å²) in [6, 6.07) is 9.01. The Morgan fingerprint density at radius 1 is 1.26 bits per heavy atom. The predicted octanol–water partition coefficient (Wildman–Crippen LogP) is 1.74. The molecule has 1 N–H and O–H groups in total. The van der Waals surface area contributed by atoms with Crippen molar-refractivity contribution in [2.24, 2.45) is 0 Å². The number of hydrogen-bond acceptors (Lipinski definition) is 7. The lowest BCUT2D eigenvalue weighted by Crippen LogP contribution is -2.48. The minimum atomic E-state index is -0.575. The molecule has 1 aromatic carbocycles. The van der Waals surface area contributed by atoms with E-state index in [4.69, 9.17) is 9.26 Å². The van der Waals surface area contributed by atoms with Gasteiger partial charge in [-0.1, -0.05) is 17.3 Å². The van der Waals surface area contributed by atoms with Crippen LogP contribution in [0, 0.1) is 6.92 Å². The molecule has 1 atom stereocenters. The molecule has 0 radical (unpaired) electrons. The molecule has 0 saturated carbocycles. The average molecular weight is 373 g/mol. The lowest BCUT2D eigenvalue weighted by Gasteiger charge is -2.35. The fourth-order valence-electron chi connectivity index (χ4n) is 3.19. The van der Waals surface area contributed by atoms with Gasteiger partial charge in [-0.25, -0.2) is 0 Å². The van der Waals surface area contributed by atoms with Gasteiger partial charge in [0.2, 0.25) is 0 Å². The number of hydrogen-bond donors (Lipinski definition) is 1. The summed E-state index contributed by atoms with van der Waals surface area (Å²) in [5, 5.41) is 14.2. The molecule has 0 spiro atoms. The van der Waals surface area contributed by atoms with E-state index in [-0.39, 0.29) is 12.4 Å².